The minimum atomic E-state index is -0.306. The SMILES string of the molecule is Cc1nc2n(n1)[C@@H](c1ccc(Cl)cc1)C1=C(C[C@@H](c3ccco3)CC1=O)N2. The van der Waals surface area contributed by atoms with Crippen molar-refractivity contribution in [3.05, 3.63) is 76.1 Å². The van der Waals surface area contributed by atoms with Gasteiger partial charge in [0.1, 0.15) is 17.6 Å². The van der Waals surface area contributed by atoms with Crippen LogP contribution in [0.5, 0.6) is 0 Å². The van der Waals surface area contributed by atoms with Crippen LogP contribution in [0.2, 0.25) is 5.02 Å². The summed E-state index contributed by atoms with van der Waals surface area (Å²) in [6.45, 7) is 1.85. The van der Waals surface area contributed by atoms with Crippen LogP contribution >= 0.6 is 11.6 Å². The first-order valence-electron chi connectivity index (χ1n) is 8.85. The maximum Gasteiger partial charge on any atom is 0.226 e. The Kier molecular flexibility index (Phi) is 3.68. The van der Waals surface area contributed by atoms with Crippen molar-refractivity contribution in [1.29, 1.82) is 0 Å². The van der Waals surface area contributed by atoms with E-state index in [1.54, 1.807) is 10.9 Å². The van der Waals surface area contributed by atoms with Crippen molar-refractivity contribution in [2.45, 2.75) is 31.7 Å². The van der Waals surface area contributed by atoms with E-state index in [1.165, 1.54) is 0 Å². The molecule has 2 atom stereocenters. The normalized spacial score (nSPS) is 21.6. The van der Waals surface area contributed by atoms with Gasteiger partial charge in [0, 0.05) is 28.6 Å². The van der Waals surface area contributed by atoms with Gasteiger partial charge in [0.05, 0.1) is 6.26 Å². The van der Waals surface area contributed by atoms with Gasteiger partial charge in [0.15, 0.2) is 5.78 Å². The number of anilines is 1. The zero-order chi connectivity index (χ0) is 18.5. The summed E-state index contributed by atoms with van der Waals surface area (Å²) >= 11 is 6.06. The molecule has 6 nitrogen and oxygen atoms in total. The maximum absolute atomic E-state index is 13.2. The van der Waals surface area contributed by atoms with Gasteiger partial charge in [-0.15, -0.1) is 0 Å². The number of aryl methyl sites for hydroxylation is 1. The van der Waals surface area contributed by atoms with Gasteiger partial charge in [-0.05, 0) is 43.2 Å². The van der Waals surface area contributed by atoms with Gasteiger partial charge in [-0.2, -0.15) is 10.1 Å². The number of furan rings is 1. The van der Waals surface area contributed by atoms with E-state index >= 15 is 0 Å². The summed E-state index contributed by atoms with van der Waals surface area (Å²) in [6, 6.07) is 11.0. The lowest BCUT2D eigenvalue weighted by Crippen LogP contribution is -2.33. The average molecular weight is 381 g/mol. The Bertz CT molecular complexity index is 1050. The predicted molar refractivity (Wildman–Crippen MR) is 101 cm³/mol. The molecule has 1 aromatic carbocycles. The molecule has 27 heavy (non-hydrogen) atoms. The van der Waals surface area contributed by atoms with E-state index < -0.39 is 0 Å². The van der Waals surface area contributed by atoms with Crippen LogP contribution in [0.15, 0.2) is 58.3 Å². The Labute approximate surface area is 160 Å². The Morgan fingerprint density at radius 3 is 2.78 bits per heavy atom. The molecule has 0 radical (unpaired) electrons. The van der Waals surface area contributed by atoms with Crippen LogP contribution in [0.3, 0.4) is 0 Å². The molecule has 5 rings (SSSR count). The summed E-state index contributed by atoms with van der Waals surface area (Å²) in [6.07, 6.45) is 2.76. The van der Waals surface area contributed by atoms with Crippen molar-refractivity contribution in [2.75, 3.05) is 5.32 Å². The number of rotatable bonds is 2. The van der Waals surface area contributed by atoms with E-state index in [1.807, 2.05) is 43.3 Å². The smallest absolute Gasteiger partial charge is 0.226 e. The molecule has 2 aliphatic rings. The fourth-order valence-electron chi connectivity index (χ4n) is 4.00. The molecule has 7 heteroatoms. The number of allylic oxidation sites excluding steroid dienone is 2. The molecular weight excluding hydrogens is 364 g/mol. The number of benzene rings is 1. The van der Waals surface area contributed by atoms with Crippen LogP contribution in [0.1, 0.15) is 41.9 Å². The minimum Gasteiger partial charge on any atom is -0.469 e. The van der Waals surface area contributed by atoms with Crippen LogP contribution in [0.4, 0.5) is 5.95 Å². The second-order valence-corrected chi connectivity index (χ2v) is 7.38. The zero-order valence-electron chi connectivity index (χ0n) is 14.6. The van der Waals surface area contributed by atoms with Crippen molar-refractivity contribution in [3.63, 3.8) is 0 Å². The van der Waals surface area contributed by atoms with E-state index in [9.17, 15) is 4.79 Å². The summed E-state index contributed by atoms with van der Waals surface area (Å²) in [7, 11) is 0. The van der Waals surface area contributed by atoms with Crippen LogP contribution in [-0.2, 0) is 4.79 Å². The van der Waals surface area contributed by atoms with Crippen molar-refractivity contribution >= 4 is 23.3 Å². The van der Waals surface area contributed by atoms with E-state index in [0.717, 1.165) is 22.6 Å². The monoisotopic (exact) mass is 380 g/mol. The number of carbonyl (C=O) groups excluding carboxylic acids is 1. The van der Waals surface area contributed by atoms with Gasteiger partial charge in [0.2, 0.25) is 5.95 Å². The third-order valence-corrected chi connectivity index (χ3v) is 5.41. The summed E-state index contributed by atoms with van der Waals surface area (Å²) < 4.78 is 7.34. The van der Waals surface area contributed by atoms with Crippen LogP contribution < -0.4 is 5.32 Å². The number of halogens is 1. The highest BCUT2D eigenvalue weighted by Gasteiger charge is 2.40. The van der Waals surface area contributed by atoms with Gasteiger partial charge in [-0.25, -0.2) is 4.68 Å². The molecule has 0 bridgehead atoms. The molecule has 3 heterocycles. The van der Waals surface area contributed by atoms with E-state index in [-0.39, 0.29) is 17.7 Å². The molecule has 1 aliphatic carbocycles. The molecule has 2 aromatic heterocycles. The highest BCUT2D eigenvalue weighted by atomic mass is 35.5. The van der Waals surface area contributed by atoms with Crippen LogP contribution in [0.25, 0.3) is 0 Å². The Balaban J connectivity index is 1.63. The van der Waals surface area contributed by atoms with Crippen molar-refractivity contribution < 1.29 is 9.21 Å². The van der Waals surface area contributed by atoms with E-state index in [4.69, 9.17) is 16.0 Å². The largest absolute Gasteiger partial charge is 0.469 e. The van der Waals surface area contributed by atoms with Gasteiger partial charge in [0.25, 0.3) is 0 Å². The molecule has 136 valence electrons. The number of nitrogens with zero attached hydrogens (tertiary/aromatic N) is 3. The van der Waals surface area contributed by atoms with Crippen molar-refractivity contribution in [1.82, 2.24) is 14.8 Å². The Hall–Kier alpha value is -2.86. The second-order valence-electron chi connectivity index (χ2n) is 6.94. The first-order valence-corrected chi connectivity index (χ1v) is 9.23. The highest BCUT2D eigenvalue weighted by Crippen LogP contribution is 2.44. The first kappa shape index (κ1) is 16.3. The molecule has 0 fully saturated rings. The summed E-state index contributed by atoms with van der Waals surface area (Å²) in [5.74, 6) is 2.28. The molecule has 1 N–H and O–H groups in total. The number of Topliss-reactive ketones (excluding diaryl/α,β-unsaturated/α-hetero) is 1. The fourth-order valence-corrected chi connectivity index (χ4v) is 4.12. The summed E-state index contributed by atoms with van der Waals surface area (Å²) in [5.41, 5.74) is 2.61. The zero-order valence-corrected chi connectivity index (χ0v) is 15.4. The third kappa shape index (κ3) is 2.68. The first-order chi connectivity index (χ1) is 13.1. The van der Waals surface area contributed by atoms with Crippen molar-refractivity contribution in [3.8, 4) is 0 Å². The van der Waals surface area contributed by atoms with Gasteiger partial charge in [-0.3, -0.25) is 4.79 Å². The summed E-state index contributed by atoms with van der Waals surface area (Å²) in [5, 5.41) is 8.52. The highest BCUT2D eigenvalue weighted by molar-refractivity contribution is 6.30. The molecule has 3 aromatic rings. The van der Waals surface area contributed by atoms with Crippen LogP contribution in [-0.4, -0.2) is 20.5 Å². The minimum absolute atomic E-state index is 0.0280. The fraction of sp³-hybridized carbons (Fsp3) is 0.250. The lowest BCUT2D eigenvalue weighted by Gasteiger charge is -2.34. The summed E-state index contributed by atoms with van der Waals surface area (Å²) in [4.78, 5) is 17.7. The topological polar surface area (TPSA) is 73.0 Å². The number of hydrogen-bond donors (Lipinski definition) is 1. The number of aromatic nitrogens is 3. The second kappa shape index (κ2) is 6.09. The average Bonchev–Trinajstić information content (AvgIpc) is 3.29. The molecule has 0 saturated heterocycles. The predicted octanol–water partition coefficient (Wildman–Crippen LogP) is 4.25. The van der Waals surface area contributed by atoms with E-state index in [2.05, 4.69) is 15.4 Å². The van der Waals surface area contributed by atoms with Gasteiger partial charge < -0.3 is 9.73 Å². The number of hydrogen-bond acceptors (Lipinski definition) is 5. The number of fused-ring (bicyclic) bond motifs is 1. The molecular formula is C20H17ClN4O2. The van der Waals surface area contributed by atoms with Crippen LogP contribution in [0, 0.1) is 6.92 Å². The quantitative estimate of drug-likeness (QED) is 0.719. The number of nitrogens with one attached hydrogen (secondary N) is 1. The lowest BCUT2D eigenvalue weighted by molar-refractivity contribution is -0.117. The van der Waals surface area contributed by atoms with Crippen molar-refractivity contribution in [2.24, 2.45) is 0 Å². The third-order valence-electron chi connectivity index (χ3n) is 5.16. The molecule has 0 spiro atoms. The Morgan fingerprint density at radius 1 is 1.22 bits per heavy atom. The Morgan fingerprint density at radius 2 is 2.04 bits per heavy atom. The molecule has 0 unspecified atom stereocenters. The van der Waals surface area contributed by atoms with Gasteiger partial charge >= 0.3 is 0 Å². The molecule has 1 aliphatic heterocycles. The molecule has 0 saturated carbocycles. The lowest BCUT2D eigenvalue weighted by atomic mass is 9.79. The van der Waals surface area contributed by atoms with Gasteiger partial charge in [-0.1, -0.05) is 23.7 Å². The molecule has 0 amide bonds. The number of carbonyl (C=O) groups is 1. The van der Waals surface area contributed by atoms with E-state index in [0.29, 0.717) is 29.6 Å². The standard InChI is InChI=1S/C20H17ClN4O2/c1-11-22-20-23-15-9-13(17-3-2-8-27-17)10-16(26)18(15)19(25(20)24-11)12-4-6-14(21)7-5-12/h2-8,13,19H,9-10H2,1H3,(H,22,23,24)/t13-,19+/m1/s1. The maximum atomic E-state index is 13.2. The number of ketones is 1.